The van der Waals surface area contributed by atoms with Crippen LogP contribution < -0.4 is 5.32 Å². The zero-order valence-corrected chi connectivity index (χ0v) is 14.1. The molecule has 1 aromatic heterocycles. The van der Waals surface area contributed by atoms with E-state index < -0.39 is 0 Å². The first-order chi connectivity index (χ1) is 10.6. The van der Waals surface area contributed by atoms with Gasteiger partial charge in [-0.1, -0.05) is 15.9 Å². The number of benzene rings is 1. The Hall–Kier alpha value is -1.82. The Bertz CT molecular complexity index is 644. The van der Waals surface area contributed by atoms with E-state index in [9.17, 15) is 4.79 Å². The Morgan fingerprint density at radius 3 is 2.50 bits per heavy atom. The molecule has 0 bridgehead atoms. The number of piperidine rings is 1. The molecule has 0 saturated carbocycles. The van der Waals surface area contributed by atoms with Crippen LogP contribution >= 0.6 is 15.9 Å². The van der Waals surface area contributed by atoms with Crippen molar-refractivity contribution >= 4 is 27.6 Å². The van der Waals surface area contributed by atoms with Gasteiger partial charge in [-0.2, -0.15) is 5.10 Å². The normalized spacial score (nSPS) is 15.8. The van der Waals surface area contributed by atoms with Crippen LogP contribution in [0.5, 0.6) is 0 Å². The number of aromatic nitrogens is 2. The number of rotatable bonds is 2. The summed E-state index contributed by atoms with van der Waals surface area (Å²) in [5.74, 6) is 0.490. The second kappa shape index (κ2) is 6.52. The molecule has 2 heterocycles. The number of aryl methyl sites for hydroxylation is 1. The molecule has 1 saturated heterocycles. The maximum Gasteiger partial charge on any atom is 0.321 e. The van der Waals surface area contributed by atoms with E-state index in [0.717, 1.165) is 36.1 Å². The van der Waals surface area contributed by atoms with Gasteiger partial charge in [-0.15, -0.1) is 0 Å². The SMILES string of the molecule is Cn1nccc1C1CCN(C(=O)Nc2ccc(Br)cc2)CC1. The van der Waals surface area contributed by atoms with Crippen molar-refractivity contribution in [2.75, 3.05) is 18.4 Å². The van der Waals surface area contributed by atoms with Gasteiger partial charge in [0.1, 0.15) is 0 Å². The van der Waals surface area contributed by atoms with Gasteiger partial charge in [0.05, 0.1) is 0 Å². The van der Waals surface area contributed by atoms with Gasteiger partial charge in [0.15, 0.2) is 0 Å². The lowest BCUT2D eigenvalue weighted by atomic mass is 9.93. The number of hydrogen-bond donors (Lipinski definition) is 1. The molecule has 1 aliphatic rings. The largest absolute Gasteiger partial charge is 0.324 e. The first-order valence-corrected chi connectivity index (χ1v) is 8.22. The highest BCUT2D eigenvalue weighted by Gasteiger charge is 2.25. The van der Waals surface area contributed by atoms with Gasteiger partial charge in [-0.05, 0) is 43.2 Å². The molecule has 2 amide bonds. The summed E-state index contributed by atoms with van der Waals surface area (Å²) in [4.78, 5) is 14.2. The molecule has 116 valence electrons. The molecular weight excluding hydrogens is 344 g/mol. The Morgan fingerprint density at radius 2 is 1.91 bits per heavy atom. The van der Waals surface area contributed by atoms with Crippen molar-refractivity contribution in [1.29, 1.82) is 0 Å². The molecule has 1 aliphatic heterocycles. The van der Waals surface area contributed by atoms with Crippen molar-refractivity contribution in [1.82, 2.24) is 14.7 Å². The maximum atomic E-state index is 12.3. The Kier molecular flexibility index (Phi) is 4.47. The number of urea groups is 1. The Morgan fingerprint density at radius 1 is 1.23 bits per heavy atom. The summed E-state index contributed by atoms with van der Waals surface area (Å²) in [5, 5.41) is 7.18. The standard InChI is InChI=1S/C16H19BrN4O/c1-20-15(6-9-18-20)12-7-10-21(11-8-12)16(22)19-14-4-2-13(17)3-5-14/h2-6,9,12H,7-8,10-11H2,1H3,(H,19,22). The maximum absolute atomic E-state index is 12.3. The molecule has 22 heavy (non-hydrogen) atoms. The van der Waals surface area contributed by atoms with Gasteiger partial charge in [0.25, 0.3) is 0 Å². The first kappa shape index (κ1) is 15.1. The fourth-order valence-electron chi connectivity index (χ4n) is 2.90. The van der Waals surface area contributed by atoms with E-state index in [4.69, 9.17) is 0 Å². The average molecular weight is 363 g/mol. The monoisotopic (exact) mass is 362 g/mol. The van der Waals surface area contributed by atoms with Crippen LogP contribution in [0.2, 0.25) is 0 Å². The van der Waals surface area contributed by atoms with Crippen LogP contribution in [0.25, 0.3) is 0 Å². The molecular formula is C16H19BrN4O. The van der Waals surface area contributed by atoms with Crippen molar-refractivity contribution in [2.45, 2.75) is 18.8 Å². The summed E-state index contributed by atoms with van der Waals surface area (Å²) in [6, 6.07) is 9.68. The number of anilines is 1. The molecule has 3 rings (SSSR count). The van der Waals surface area contributed by atoms with Gasteiger partial charge in [-0.3, -0.25) is 4.68 Å². The lowest BCUT2D eigenvalue weighted by Gasteiger charge is -2.32. The van der Waals surface area contributed by atoms with E-state index in [1.54, 1.807) is 0 Å². The summed E-state index contributed by atoms with van der Waals surface area (Å²) < 4.78 is 2.94. The second-order valence-electron chi connectivity index (χ2n) is 5.58. The van der Waals surface area contributed by atoms with Gasteiger partial charge in [0.2, 0.25) is 0 Å². The molecule has 5 nitrogen and oxygen atoms in total. The summed E-state index contributed by atoms with van der Waals surface area (Å²) in [5.41, 5.74) is 2.08. The lowest BCUT2D eigenvalue weighted by molar-refractivity contribution is 0.193. The third-order valence-corrected chi connectivity index (χ3v) is 4.68. The van der Waals surface area contributed by atoms with E-state index >= 15 is 0 Å². The van der Waals surface area contributed by atoms with Crippen molar-refractivity contribution in [2.24, 2.45) is 7.05 Å². The predicted octanol–water partition coefficient (Wildman–Crippen LogP) is 3.59. The zero-order valence-electron chi connectivity index (χ0n) is 12.5. The minimum atomic E-state index is -0.0224. The number of amides is 2. The molecule has 1 N–H and O–H groups in total. The average Bonchev–Trinajstić information content (AvgIpc) is 2.96. The Balaban J connectivity index is 1.56. The fraction of sp³-hybridized carbons (Fsp3) is 0.375. The van der Waals surface area contributed by atoms with Crippen molar-refractivity contribution in [3.8, 4) is 0 Å². The third-order valence-electron chi connectivity index (χ3n) is 4.15. The minimum absolute atomic E-state index is 0.0224. The minimum Gasteiger partial charge on any atom is -0.324 e. The van der Waals surface area contributed by atoms with Crippen LogP contribution in [0.15, 0.2) is 41.0 Å². The summed E-state index contributed by atoms with van der Waals surface area (Å²) >= 11 is 3.39. The Labute approximate surface area is 138 Å². The molecule has 0 atom stereocenters. The highest BCUT2D eigenvalue weighted by atomic mass is 79.9. The van der Waals surface area contributed by atoms with Gasteiger partial charge >= 0.3 is 6.03 Å². The summed E-state index contributed by atoms with van der Waals surface area (Å²) in [7, 11) is 1.97. The number of halogens is 1. The van der Waals surface area contributed by atoms with Crippen molar-refractivity contribution < 1.29 is 4.79 Å². The van der Waals surface area contributed by atoms with E-state index in [-0.39, 0.29) is 6.03 Å². The van der Waals surface area contributed by atoms with Gasteiger partial charge in [-0.25, -0.2) is 4.79 Å². The van der Waals surface area contributed by atoms with Crippen LogP contribution in [-0.2, 0) is 7.05 Å². The molecule has 0 aliphatic carbocycles. The predicted molar refractivity (Wildman–Crippen MR) is 89.9 cm³/mol. The zero-order chi connectivity index (χ0) is 15.5. The van der Waals surface area contributed by atoms with Crippen LogP contribution in [0.3, 0.4) is 0 Å². The van der Waals surface area contributed by atoms with Crippen molar-refractivity contribution in [3.05, 3.63) is 46.7 Å². The number of hydrogen-bond acceptors (Lipinski definition) is 2. The van der Waals surface area contributed by atoms with Gasteiger partial charge < -0.3 is 10.2 Å². The molecule has 0 spiro atoms. The number of nitrogens with zero attached hydrogens (tertiary/aromatic N) is 3. The van der Waals surface area contributed by atoms with Gasteiger partial charge in [0, 0.05) is 48.1 Å². The molecule has 0 radical (unpaired) electrons. The van der Waals surface area contributed by atoms with E-state index in [1.165, 1.54) is 5.69 Å². The van der Waals surface area contributed by atoms with E-state index in [2.05, 4.69) is 32.4 Å². The van der Waals surface area contributed by atoms with E-state index in [1.807, 2.05) is 47.1 Å². The summed E-state index contributed by atoms with van der Waals surface area (Å²) in [6.45, 7) is 1.55. The number of carbonyl (C=O) groups excluding carboxylic acids is 1. The number of nitrogens with one attached hydrogen (secondary N) is 1. The summed E-state index contributed by atoms with van der Waals surface area (Å²) in [6.07, 6.45) is 3.79. The molecule has 2 aromatic rings. The lowest BCUT2D eigenvalue weighted by Crippen LogP contribution is -2.40. The smallest absolute Gasteiger partial charge is 0.321 e. The van der Waals surface area contributed by atoms with Crippen LogP contribution in [0, 0.1) is 0 Å². The van der Waals surface area contributed by atoms with Crippen LogP contribution in [0.1, 0.15) is 24.5 Å². The van der Waals surface area contributed by atoms with Crippen LogP contribution in [-0.4, -0.2) is 33.8 Å². The second-order valence-corrected chi connectivity index (χ2v) is 6.49. The van der Waals surface area contributed by atoms with Crippen LogP contribution in [0.4, 0.5) is 10.5 Å². The quantitative estimate of drug-likeness (QED) is 0.887. The molecule has 1 aromatic carbocycles. The topological polar surface area (TPSA) is 50.2 Å². The highest BCUT2D eigenvalue weighted by Crippen LogP contribution is 2.27. The molecule has 6 heteroatoms. The van der Waals surface area contributed by atoms with Crippen molar-refractivity contribution in [3.63, 3.8) is 0 Å². The number of carbonyl (C=O) groups is 1. The molecule has 0 unspecified atom stereocenters. The third kappa shape index (κ3) is 3.32. The fourth-order valence-corrected chi connectivity index (χ4v) is 3.16. The highest BCUT2D eigenvalue weighted by molar-refractivity contribution is 9.10. The first-order valence-electron chi connectivity index (χ1n) is 7.43. The van der Waals surface area contributed by atoms with E-state index in [0.29, 0.717) is 5.92 Å². The number of likely N-dealkylation sites (tertiary alicyclic amines) is 1. The molecule has 1 fully saturated rings.